The molecule has 1 aliphatic heterocycles. The van der Waals surface area contributed by atoms with Gasteiger partial charge >= 0.3 is 5.97 Å². The summed E-state index contributed by atoms with van der Waals surface area (Å²) in [5, 5.41) is 14.9. The van der Waals surface area contributed by atoms with Crippen molar-refractivity contribution in [3.63, 3.8) is 0 Å². The predicted octanol–water partition coefficient (Wildman–Crippen LogP) is 1.58. The number of carboxylic acid groups (broad SMARTS) is 1. The van der Waals surface area contributed by atoms with E-state index in [0.29, 0.717) is 12.5 Å². The number of aryl methyl sites for hydroxylation is 1. The van der Waals surface area contributed by atoms with E-state index >= 15 is 0 Å². The average Bonchev–Trinajstić information content (AvgIpc) is 2.85. The summed E-state index contributed by atoms with van der Waals surface area (Å²) in [4.78, 5) is 14.9. The van der Waals surface area contributed by atoms with Crippen LogP contribution in [0.5, 0.6) is 0 Å². The minimum absolute atomic E-state index is 0.172. The Balaban J connectivity index is 1.94. The quantitative estimate of drug-likeness (QED) is 0.818. The van der Waals surface area contributed by atoms with Crippen LogP contribution in [0.1, 0.15) is 36.0 Å². The number of rotatable bonds is 4. The second-order valence-corrected chi connectivity index (χ2v) is 4.65. The molecule has 1 fully saturated rings. The lowest BCUT2D eigenvalue weighted by molar-refractivity contribution is -0.136. The van der Waals surface area contributed by atoms with Crippen LogP contribution in [0, 0.1) is 0 Å². The fourth-order valence-electron chi connectivity index (χ4n) is 1.75. The summed E-state index contributed by atoms with van der Waals surface area (Å²) in [7, 11) is 0. The standard InChI is InChI=1S/C10H14N2O2S/c13-10(14)4-3-9-12-8(6-15-9)7-2-1-5-11-7/h6-7,11H,1-5H2,(H,13,14). The van der Waals surface area contributed by atoms with E-state index in [-0.39, 0.29) is 6.42 Å². The topological polar surface area (TPSA) is 62.2 Å². The van der Waals surface area contributed by atoms with Gasteiger partial charge in [0.05, 0.1) is 23.2 Å². The summed E-state index contributed by atoms with van der Waals surface area (Å²) in [5.41, 5.74) is 1.08. The van der Waals surface area contributed by atoms with Gasteiger partial charge in [-0.2, -0.15) is 0 Å². The maximum absolute atomic E-state index is 10.4. The van der Waals surface area contributed by atoms with Crippen molar-refractivity contribution in [1.82, 2.24) is 10.3 Å². The van der Waals surface area contributed by atoms with Crippen LogP contribution < -0.4 is 5.32 Å². The molecule has 5 heteroatoms. The van der Waals surface area contributed by atoms with Crippen molar-refractivity contribution in [2.75, 3.05) is 6.54 Å². The Morgan fingerprint density at radius 1 is 1.73 bits per heavy atom. The molecule has 2 N–H and O–H groups in total. The van der Waals surface area contributed by atoms with Crippen LogP contribution in [0.4, 0.5) is 0 Å². The van der Waals surface area contributed by atoms with Crippen LogP contribution in [0.2, 0.25) is 0 Å². The van der Waals surface area contributed by atoms with Gasteiger partial charge in [0.2, 0.25) is 0 Å². The summed E-state index contributed by atoms with van der Waals surface area (Å²) in [5.74, 6) is -0.759. The number of nitrogens with zero attached hydrogens (tertiary/aromatic N) is 1. The fourth-order valence-corrected chi connectivity index (χ4v) is 2.60. The third-order valence-corrected chi connectivity index (χ3v) is 3.47. The monoisotopic (exact) mass is 226 g/mol. The average molecular weight is 226 g/mol. The van der Waals surface area contributed by atoms with E-state index in [2.05, 4.69) is 10.3 Å². The molecule has 2 heterocycles. The first kappa shape index (κ1) is 10.6. The number of carboxylic acids is 1. The largest absolute Gasteiger partial charge is 0.481 e. The minimum atomic E-state index is -0.759. The summed E-state index contributed by atoms with van der Waals surface area (Å²) < 4.78 is 0. The molecule has 0 aliphatic carbocycles. The number of aromatic nitrogens is 1. The van der Waals surface area contributed by atoms with E-state index in [1.165, 1.54) is 6.42 Å². The molecule has 0 spiro atoms. The molecule has 1 atom stereocenters. The van der Waals surface area contributed by atoms with E-state index in [4.69, 9.17) is 5.11 Å². The molecule has 1 aromatic rings. The molecule has 0 saturated carbocycles. The number of nitrogens with one attached hydrogen (secondary N) is 1. The zero-order chi connectivity index (χ0) is 10.7. The molecule has 1 saturated heterocycles. The molecule has 2 rings (SSSR count). The van der Waals surface area contributed by atoms with Crippen LogP contribution in [0.15, 0.2) is 5.38 Å². The number of thiazole rings is 1. The molecular formula is C10H14N2O2S. The Bertz CT molecular complexity index is 345. The van der Waals surface area contributed by atoms with Crippen LogP contribution in [-0.2, 0) is 11.2 Å². The van der Waals surface area contributed by atoms with Crippen LogP contribution >= 0.6 is 11.3 Å². The van der Waals surface area contributed by atoms with Gasteiger partial charge in [0.15, 0.2) is 0 Å². The SMILES string of the molecule is O=C(O)CCc1nc(C2CCCN2)cs1. The normalized spacial score (nSPS) is 20.7. The maximum atomic E-state index is 10.4. The van der Waals surface area contributed by atoms with E-state index in [9.17, 15) is 4.79 Å². The van der Waals surface area contributed by atoms with Crippen LogP contribution in [0.25, 0.3) is 0 Å². The molecule has 0 radical (unpaired) electrons. The molecule has 1 unspecified atom stereocenters. The summed E-state index contributed by atoms with van der Waals surface area (Å²) in [6.45, 7) is 1.06. The second kappa shape index (κ2) is 4.72. The van der Waals surface area contributed by atoms with Gasteiger partial charge < -0.3 is 10.4 Å². The number of carbonyl (C=O) groups is 1. The highest BCUT2D eigenvalue weighted by atomic mass is 32.1. The lowest BCUT2D eigenvalue weighted by Gasteiger charge is -2.04. The van der Waals surface area contributed by atoms with E-state index in [1.807, 2.05) is 5.38 Å². The lowest BCUT2D eigenvalue weighted by Crippen LogP contribution is -2.13. The van der Waals surface area contributed by atoms with Gasteiger partial charge in [-0.15, -0.1) is 11.3 Å². The van der Waals surface area contributed by atoms with Crippen molar-refractivity contribution >= 4 is 17.3 Å². The predicted molar refractivity (Wildman–Crippen MR) is 58.0 cm³/mol. The van der Waals surface area contributed by atoms with Crippen molar-refractivity contribution in [3.8, 4) is 0 Å². The molecule has 82 valence electrons. The van der Waals surface area contributed by atoms with Gasteiger partial charge in [-0.25, -0.2) is 4.98 Å². The highest BCUT2D eigenvalue weighted by molar-refractivity contribution is 7.09. The minimum Gasteiger partial charge on any atom is -0.481 e. The molecule has 0 bridgehead atoms. The molecule has 1 aromatic heterocycles. The smallest absolute Gasteiger partial charge is 0.303 e. The second-order valence-electron chi connectivity index (χ2n) is 3.71. The van der Waals surface area contributed by atoms with Gasteiger partial charge in [-0.05, 0) is 19.4 Å². The molecule has 4 nitrogen and oxygen atoms in total. The van der Waals surface area contributed by atoms with Crippen LogP contribution in [0.3, 0.4) is 0 Å². The molecule has 0 amide bonds. The Labute approximate surface area is 92.3 Å². The maximum Gasteiger partial charge on any atom is 0.303 e. The third kappa shape index (κ3) is 2.76. The summed E-state index contributed by atoms with van der Waals surface area (Å²) >= 11 is 1.56. The van der Waals surface area contributed by atoms with Crippen molar-refractivity contribution in [2.24, 2.45) is 0 Å². The zero-order valence-electron chi connectivity index (χ0n) is 8.40. The van der Waals surface area contributed by atoms with Gasteiger partial charge in [-0.1, -0.05) is 0 Å². The van der Waals surface area contributed by atoms with Crippen molar-refractivity contribution in [2.45, 2.75) is 31.7 Å². The number of hydrogen-bond acceptors (Lipinski definition) is 4. The first-order valence-electron chi connectivity index (χ1n) is 5.15. The van der Waals surface area contributed by atoms with Crippen molar-refractivity contribution < 1.29 is 9.90 Å². The third-order valence-electron chi connectivity index (χ3n) is 2.54. The van der Waals surface area contributed by atoms with Gasteiger partial charge in [-0.3, -0.25) is 4.79 Å². The highest BCUT2D eigenvalue weighted by Gasteiger charge is 2.18. The highest BCUT2D eigenvalue weighted by Crippen LogP contribution is 2.24. The molecule has 1 aliphatic rings. The van der Waals surface area contributed by atoms with Gasteiger partial charge in [0.25, 0.3) is 0 Å². The number of hydrogen-bond donors (Lipinski definition) is 2. The van der Waals surface area contributed by atoms with E-state index in [1.54, 1.807) is 11.3 Å². The Kier molecular flexibility index (Phi) is 3.33. The Morgan fingerprint density at radius 3 is 3.27 bits per heavy atom. The Hall–Kier alpha value is -0.940. The molecule has 0 aromatic carbocycles. The van der Waals surface area contributed by atoms with Gasteiger partial charge in [0.1, 0.15) is 0 Å². The molecule has 15 heavy (non-hydrogen) atoms. The van der Waals surface area contributed by atoms with Gasteiger partial charge in [0, 0.05) is 11.8 Å². The van der Waals surface area contributed by atoms with Crippen LogP contribution in [-0.4, -0.2) is 22.6 Å². The summed E-state index contributed by atoms with van der Waals surface area (Å²) in [6.07, 6.45) is 3.06. The van der Waals surface area contributed by atoms with Crippen molar-refractivity contribution in [3.05, 3.63) is 16.1 Å². The van der Waals surface area contributed by atoms with E-state index in [0.717, 1.165) is 23.7 Å². The van der Waals surface area contributed by atoms with E-state index < -0.39 is 5.97 Å². The lowest BCUT2D eigenvalue weighted by atomic mass is 10.2. The molecular weight excluding hydrogens is 212 g/mol. The Morgan fingerprint density at radius 2 is 2.60 bits per heavy atom. The number of aliphatic carboxylic acids is 1. The zero-order valence-corrected chi connectivity index (χ0v) is 9.22. The first-order chi connectivity index (χ1) is 7.25. The van der Waals surface area contributed by atoms with Crippen molar-refractivity contribution in [1.29, 1.82) is 0 Å². The fraction of sp³-hybridized carbons (Fsp3) is 0.600. The summed E-state index contributed by atoms with van der Waals surface area (Å²) in [6, 6.07) is 0.389. The first-order valence-corrected chi connectivity index (χ1v) is 6.03.